The van der Waals surface area contributed by atoms with E-state index in [0.29, 0.717) is 12.1 Å². The second kappa shape index (κ2) is 5.58. The Bertz CT molecular complexity index is 338. The first-order valence-corrected chi connectivity index (χ1v) is 6.67. The second-order valence-electron chi connectivity index (χ2n) is 5.49. The molecule has 1 aliphatic carbocycles. The average Bonchev–Trinajstić information content (AvgIpc) is 2.75. The van der Waals surface area contributed by atoms with Crippen molar-refractivity contribution in [2.24, 2.45) is 5.92 Å². The number of nitrogens with zero attached hydrogens (tertiary/aromatic N) is 4. The maximum absolute atomic E-state index is 4.16. The number of aromatic nitrogens is 4. The number of nitrogens with one attached hydrogen (secondary N) is 1. The van der Waals surface area contributed by atoms with Crippen LogP contribution in [-0.2, 0) is 6.54 Å². The molecule has 1 fully saturated rings. The number of rotatable bonds is 4. The van der Waals surface area contributed by atoms with Crippen LogP contribution in [0.25, 0.3) is 0 Å². The van der Waals surface area contributed by atoms with Crippen LogP contribution in [0.1, 0.15) is 58.3 Å². The number of hydrogen-bond acceptors (Lipinski definition) is 4. The lowest BCUT2D eigenvalue weighted by Crippen LogP contribution is -2.26. The predicted molar refractivity (Wildman–Crippen MR) is 66.5 cm³/mol. The molecule has 17 heavy (non-hydrogen) atoms. The van der Waals surface area contributed by atoms with Crippen LogP contribution in [0.4, 0.5) is 0 Å². The Labute approximate surface area is 103 Å². The summed E-state index contributed by atoms with van der Waals surface area (Å²) in [7, 11) is 0. The molecular formula is C12H23N5. The van der Waals surface area contributed by atoms with Crippen molar-refractivity contribution in [3.05, 3.63) is 5.82 Å². The van der Waals surface area contributed by atoms with Gasteiger partial charge in [-0.2, -0.15) is 0 Å². The van der Waals surface area contributed by atoms with Crippen molar-refractivity contribution < 1.29 is 0 Å². The van der Waals surface area contributed by atoms with E-state index in [1.165, 1.54) is 25.7 Å². The zero-order valence-electron chi connectivity index (χ0n) is 11.1. The molecule has 2 rings (SSSR count). The highest BCUT2D eigenvalue weighted by atomic mass is 15.6. The van der Waals surface area contributed by atoms with Gasteiger partial charge in [-0.3, -0.25) is 0 Å². The first kappa shape index (κ1) is 12.5. The largest absolute Gasteiger partial charge is 0.308 e. The molecule has 1 saturated carbocycles. The van der Waals surface area contributed by atoms with E-state index in [9.17, 15) is 0 Å². The predicted octanol–water partition coefficient (Wildman–Crippen LogP) is 1.92. The molecule has 0 radical (unpaired) electrons. The van der Waals surface area contributed by atoms with Crippen molar-refractivity contribution in [3.8, 4) is 0 Å². The van der Waals surface area contributed by atoms with Gasteiger partial charge in [0.05, 0.1) is 12.6 Å². The topological polar surface area (TPSA) is 55.6 Å². The molecule has 5 nitrogen and oxygen atoms in total. The molecular weight excluding hydrogens is 214 g/mol. The zero-order chi connectivity index (χ0) is 12.3. The molecule has 0 spiro atoms. The van der Waals surface area contributed by atoms with E-state index in [1.54, 1.807) is 0 Å². The van der Waals surface area contributed by atoms with Crippen molar-refractivity contribution in [2.75, 3.05) is 0 Å². The minimum absolute atomic E-state index is 0.464. The monoisotopic (exact) mass is 237 g/mol. The highest BCUT2D eigenvalue weighted by Crippen LogP contribution is 2.31. The maximum Gasteiger partial charge on any atom is 0.165 e. The normalized spacial score (nSPS) is 25.4. The molecule has 1 aromatic rings. The highest BCUT2D eigenvalue weighted by Gasteiger charge is 2.22. The molecule has 1 aliphatic rings. The molecule has 96 valence electrons. The SMILES string of the molecule is CC1CCC(n2nnnc2CNC(C)C)CC1. The molecule has 1 heterocycles. The molecule has 0 aromatic carbocycles. The highest BCUT2D eigenvalue weighted by molar-refractivity contribution is 4.86. The minimum atomic E-state index is 0.464. The fraction of sp³-hybridized carbons (Fsp3) is 0.917. The quantitative estimate of drug-likeness (QED) is 0.869. The summed E-state index contributed by atoms with van der Waals surface area (Å²) in [5, 5.41) is 15.5. The Morgan fingerprint density at radius 3 is 2.65 bits per heavy atom. The van der Waals surface area contributed by atoms with Gasteiger partial charge in [0.1, 0.15) is 0 Å². The second-order valence-corrected chi connectivity index (χ2v) is 5.49. The van der Waals surface area contributed by atoms with Gasteiger partial charge >= 0.3 is 0 Å². The fourth-order valence-corrected chi connectivity index (χ4v) is 2.39. The van der Waals surface area contributed by atoms with E-state index in [4.69, 9.17) is 0 Å². The van der Waals surface area contributed by atoms with Gasteiger partial charge in [0.2, 0.25) is 0 Å². The van der Waals surface area contributed by atoms with E-state index in [2.05, 4.69) is 41.6 Å². The van der Waals surface area contributed by atoms with Crippen LogP contribution < -0.4 is 5.32 Å². The summed E-state index contributed by atoms with van der Waals surface area (Å²) < 4.78 is 2.03. The molecule has 0 atom stereocenters. The summed E-state index contributed by atoms with van der Waals surface area (Å²) in [5.41, 5.74) is 0. The minimum Gasteiger partial charge on any atom is -0.308 e. The summed E-state index contributed by atoms with van der Waals surface area (Å²) in [4.78, 5) is 0. The van der Waals surface area contributed by atoms with Crippen molar-refractivity contribution in [1.82, 2.24) is 25.5 Å². The molecule has 0 aliphatic heterocycles. The molecule has 0 amide bonds. The Morgan fingerprint density at radius 1 is 1.29 bits per heavy atom. The third-order valence-corrected chi connectivity index (χ3v) is 3.56. The van der Waals surface area contributed by atoms with E-state index in [-0.39, 0.29) is 0 Å². The Hall–Kier alpha value is -0.970. The first-order chi connectivity index (χ1) is 8.16. The van der Waals surface area contributed by atoms with Crippen molar-refractivity contribution in [1.29, 1.82) is 0 Å². The molecule has 5 heteroatoms. The Kier molecular flexibility index (Phi) is 4.10. The van der Waals surface area contributed by atoms with Crippen LogP contribution in [0.15, 0.2) is 0 Å². The van der Waals surface area contributed by atoms with Gasteiger partial charge in [-0.15, -0.1) is 5.10 Å². The summed E-state index contributed by atoms with van der Waals surface area (Å²) in [6.45, 7) is 7.36. The fourth-order valence-electron chi connectivity index (χ4n) is 2.39. The van der Waals surface area contributed by atoms with Crippen LogP contribution in [0.3, 0.4) is 0 Å². The summed E-state index contributed by atoms with van der Waals surface area (Å²) >= 11 is 0. The van der Waals surface area contributed by atoms with Crippen LogP contribution >= 0.6 is 0 Å². The first-order valence-electron chi connectivity index (χ1n) is 6.67. The van der Waals surface area contributed by atoms with Crippen LogP contribution in [0.2, 0.25) is 0 Å². The van der Waals surface area contributed by atoms with Crippen LogP contribution in [0.5, 0.6) is 0 Å². The lowest BCUT2D eigenvalue weighted by molar-refractivity contribution is 0.264. The smallest absolute Gasteiger partial charge is 0.165 e. The van der Waals surface area contributed by atoms with E-state index in [1.807, 2.05) is 4.68 Å². The van der Waals surface area contributed by atoms with E-state index >= 15 is 0 Å². The Balaban J connectivity index is 1.98. The number of hydrogen-bond donors (Lipinski definition) is 1. The van der Waals surface area contributed by atoms with Crippen molar-refractivity contribution in [3.63, 3.8) is 0 Å². The lowest BCUT2D eigenvalue weighted by Gasteiger charge is -2.26. The molecule has 0 saturated heterocycles. The molecule has 0 unspecified atom stereocenters. The maximum atomic E-state index is 4.16. The van der Waals surface area contributed by atoms with Crippen LogP contribution in [0, 0.1) is 5.92 Å². The van der Waals surface area contributed by atoms with Gasteiger partial charge in [0.15, 0.2) is 5.82 Å². The summed E-state index contributed by atoms with van der Waals surface area (Å²) in [5.74, 6) is 1.83. The van der Waals surface area contributed by atoms with Crippen LogP contribution in [-0.4, -0.2) is 26.2 Å². The average molecular weight is 237 g/mol. The lowest BCUT2D eigenvalue weighted by atomic mass is 9.87. The molecule has 1 aromatic heterocycles. The van der Waals surface area contributed by atoms with E-state index in [0.717, 1.165) is 18.3 Å². The van der Waals surface area contributed by atoms with Gasteiger partial charge in [0.25, 0.3) is 0 Å². The van der Waals surface area contributed by atoms with Gasteiger partial charge < -0.3 is 5.32 Å². The van der Waals surface area contributed by atoms with Gasteiger partial charge in [-0.05, 0) is 42.0 Å². The standard InChI is InChI=1S/C12H23N5/c1-9(2)13-8-12-14-15-16-17(12)11-6-4-10(3)5-7-11/h9-11,13H,4-8H2,1-3H3. The Morgan fingerprint density at radius 2 is 2.00 bits per heavy atom. The van der Waals surface area contributed by atoms with Gasteiger partial charge in [-0.25, -0.2) is 4.68 Å². The van der Waals surface area contributed by atoms with Gasteiger partial charge in [0, 0.05) is 6.04 Å². The molecule has 1 N–H and O–H groups in total. The van der Waals surface area contributed by atoms with Crippen molar-refractivity contribution in [2.45, 2.75) is 65.1 Å². The molecule has 0 bridgehead atoms. The van der Waals surface area contributed by atoms with Gasteiger partial charge in [-0.1, -0.05) is 20.8 Å². The number of tetrazole rings is 1. The summed E-state index contributed by atoms with van der Waals surface area (Å²) in [6, 6.07) is 0.969. The van der Waals surface area contributed by atoms with Crippen molar-refractivity contribution >= 4 is 0 Å². The third-order valence-electron chi connectivity index (χ3n) is 3.56. The third kappa shape index (κ3) is 3.25. The zero-order valence-corrected chi connectivity index (χ0v) is 11.1. The summed E-state index contributed by atoms with van der Waals surface area (Å²) in [6.07, 6.45) is 5.00. The van der Waals surface area contributed by atoms with E-state index < -0.39 is 0 Å².